The van der Waals surface area contributed by atoms with E-state index in [-0.39, 0.29) is 5.69 Å². The molecular weight excluding hydrogens is 272 g/mol. The summed E-state index contributed by atoms with van der Waals surface area (Å²) < 4.78 is 5.19. The minimum absolute atomic E-state index is 0.0148. The Balaban J connectivity index is 1.90. The molecule has 0 unspecified atom stereocenters. The lowest BCUT2D eigenvalue weighted by atomic mass is 10.2. The third-order valence-corrected chi connectivity index (χ3v) is 2.92. The lowest BCUT2D eigenvalue weighted by Crippen LogP contribution is -1.88. The number of nitrogens with two attached hydrogens (primary N) is 1. The van der Waals surface area contributed by atoms with Crippen molar-refractivity contribution in [2.45, 2.75) is 0 Å². The van der Waals surface area contributed by atoms with Gasteiger partial charge in [-0.2, -0.15) is 4.98 Å². The fraction of sp³-hybridized carbons (Fsp3) is 0. The Bertz CT molecular complexity index is 779. The van der Waals surface area contributed by atoms with Crippen LogP contribution in [0, 0.1) is 10.1 Å². The van der Waals surface area contributed by atoms with E-state index in [2.05, 4.69) is 10.1 Å². The Hall–Kier alpha value is -3.22. The first kappa shape index (κ1) is 12.8. The number of nitro benzene ring substituents is 1. The zero-order valence-electron chi connectivity index (χ0n) is 10.8. The summed E-state index contributed by atoms with van der Waals surface area (Å²) in [6, 6.07) is 13.0. The highest BCUT2D eigenvalue weighted by atomic mass is 16.6. The molecule has 0 saturated heterocycles. The van der Waals surface area contributed by atoms with Crippen LogP contribution < -0.4 is 5.73 Å². The lowest BCUT2D eigenvalue weighted by Gasteiger charge is -1.95. The van der Waals surface area contributed by atoms with Gasteiger partial charge in [0.1, 0.15) is 0 Å². The molecule has 1 aromatic heterocycles. The van der Waals surface area contributed by atoms with Gasteiger partial charge in [0.25, 0.3) is 11.6 Å². The van der Waals surface area contributed by atoms with Gasteiger partial charge in [-0.15, -0.1) is 0 Å². The minimum atomic E-state index is -0.459. The number of aromatic nitrogens is 2. The fourth-order valence-electron chi connectivity index (χ4n) is 1.82. The average Bonchev–Trinajstić information content (AvgIpc) is 2.98. The topological polar surface area (TPSA) is 108 Å². The van der Waals surface area contributed by atoms with E-state index in [9.17, 15) is 10.1 Å². The summed E-state index contributed by atoms with van der Waals surface area (Å²) >= 11 is 0. The third kappa shape index (κ3) is 2.57. The molecule has 21 heavy (non-hydrogen) atoms. The van der Waals surface area contributed by atoms with Crippen molar-refractivity contribution in [3.8, 4) is 22.8 Å². The molecule has 0 fully saturated rings. The van der Waals surface area contributed by atoms with Gasteiger partial charge < -0.3 is 10.3 Å². The van der Waals surface area contributed by atoms with Gasteiger partial charge in [0.15, 0.2) is 0 Å². The zero-order chi connectivity index (χ0) is 14.8. The van der Waals surface area contributed by atoms with Crippen LogP contribution in [-0.2, 0) is 0 Å². The number of benzene rings is 2. The first-order valence-electron chi connectivity index (χ1n) is 6.08. The van der Waals surface area contributed by atoms with E-state index in [4.69, 9.17) is 10.3 Å². The highest BCUT2D eigenvalue weighted by Gasteiger charge is 2.12. The van der Waals surface area contributed by atoms with Gasteiger partial charge in [0.05, 0.1) is 4.92 Å². The molecule has 2 aromatic carbocycles. The molecule has 104 valence electrons. The average molecular weight is 282 g/mol. The Kier molecular flexibility index (Phi) is 3.07. The van der Waals surface area contributed by atoms with Crippen molar-refractivity contribution in [2.24, 2.45) is 0 Å². The third-order valence-electron chi connectivity index (χ3n) is 2.92. The molecule has 0 bridgehead atoms. The second-order valence-corrected chi connectivity index (χ2v) is 4.35. The Morgan fingerprint density at radius 2 is 1.62 bits per heavy atom. The van der Waals surface area contributed by atoms with Gasteiger partial charge in [-0.05, 0) is 36.4 Å². The van der Waals surface area contributed by atoms with Gasteiger partial charge in [0, 0.05) is 28.9 Å². The molecule has 0 radical (unpaired) electrons. The first-order valence-corrected chi connectivity index (χ1v) is 6.08. The largest absolute Gasteiger partial charge is 0.399 e. The summed E-state index contributed by atoms with van der Waals surface area (Å²) in [5, 5.41) is 14.5. The summed E-state index contributed by atoms with van der Waals surface area (Å²) in [5.41, 5.74) is 7.68. The number of hydrogen-bond acceptors (Lipinski definition) is 6. The number of non-ortho nitro benzene ring substituents is 1. The summed E-state index contributed by atoms with van der Waals surface area (Å²) in [5.74, 6) is 0.736. The number of anilines is 1. The van der Waals surface area contributed by atoms with Gasteiger partial charge in [-0.25, -0.2) is 0 Å². The Labute approximate surface area is 119 Å². The monoisotopic (exact) mass is 282 g/mol. The molecule has 0 aliphatic heterocycles. The molecule has 2 N–H and O–H groups in total. The summed E-state index contributed by atoms with van der Waals surface area (Å²) in [4.78, 5) is 14.4. The van der Waals surface area contributed by atoms with Crippen LogP contribution in [0.25, 0.3) is 22.8 Å². The molecule has 0 aliphatic rings. The molecule has 3 aromatic rings. The van der Waals surface area contributed by atoms with Crippen molar-refractivity contribution in [1.29, 1.82) is 0 Å². The molecule has 0 aliphatic carbocycles. The van der Waals surface area contributed by atoms with Crippen LogP contribution in [0.2, 0.25) is 0 Å². The lowest BCUT2D eigenvalue weighted by molar-refractivity contribution is -0.384. The van der Waals surface area contributed by atoms with E-state index in [1.54, 1.807) is 36.4 Å². The highest BCUT2D eigenvalue weighted by molar-refractivity contribution is 5.62. The standard InChI is InChI=1S/C14H10N4O3/c15-11-5-1-10(2-6-11)14-16-13(17-21-14)9-3-7-12(8-4-9)18(19)20/h1-8H,15H2. The normalized spacial score (nSPS) is 10.5. The quantitative estimate of drug-likeness (QED) is 0.449. The molecule has 0 spiro atoms. The van der Waals surface area contributed by atoms with E-state index in [0.717, 1.165) is 5.56 Å². The van der Waals surface area contributed by atoms with Crippen LogP contribution in [0.3, 0.4) is 0 Å². The van der Waals surface area contributed by atoms with Crippen molar-refractivity contribution in [2.75, 3.05) is 5.73 Å². The Morgan fingerprint density at radius 3 is 2.24 bits per heavy atom. The zero-order valence-corrected chi connectivity index (χ0v) is 10.8. The van der Waals surface area contributed by atoms with E-state index in [0.29, 0.717) is 23.0 Å². The predicted octanol–water partition coefficient (Wildman–Crippen LogP) is 2.89. The van der Waals surface area contributed by atoms with Crippen molar-refractivity contribution >= 4 is 11.4 Å². The highest BCUT2D eigenvalue weighted by Crippen LogP contribution is 2.24. The van der Waals surface area contributed by atoms with E-state index in [1.165, 1.54) is 12.1 Å². The summed E-state index contributed by atoms with van der Waals surface area (Å²) in [7, 11) is 0. The molecular formula is C14H10N4O3. The molecule has 0 amide bonds. The number of hydrogen-bond donors (Lipinski definition) is 1. The first-order chi connectivity index (χ1) is 10.1. The Morgan fingerprint density at radius 1 is 1.00 bits per heavy atom. The van der Waals surface area contributed by atoms with Gasteiger partial charge >= 0.3 is 0 Å². The fourth-order valence-corrected chi connectivity index (χ4v) is 1.82. The smallest absolute Gasteiger partial charge is 0.269 e. The number of nitrogens with zero attached hydrogens (tertiary/aromatic N) is 3. The molecule has 3 rings (SSSR count). The minimum Gasteiger partial charge on any atom is -0.399 e. The van der Waals surface area contributed by atoms with Crippen LogP contribution in [-0.4, -0.2) is 15.1 Å². The van der Waals surface area contributed by atoms with Gasteiger partial charge in [-0.1, -0.05) is 5.16 Å². The van der Waals surface area contributed by atoms with Crippen LogP contribution in [0.4, 0.5) is 11.4 Å². The van der Waals surface area contributed by atoms with Crippen LogP contribution in [0.5, 0.6) is 0 Å². The van der Waals surface area contributed by atoms with Gasteiger partial charge in [-0.3, -0.25) is 10.1 Å². The maximum Gasteiger partial charge on any atom is 0.269 e. The maximum absolute atomic E-state index is 10.6. The van der Waals surface area contributed by atoms with Crippen molar-refractivity contribution in [1.82, 2.24) is 10.1 Å². The molecule has 0 saturated carbocycles. The summed E-state index contributed by atoms with van der Waals surface area (Å²) in [6.45, 7) is 0. The maximum atomic E-state index is 10.6. The molecule has 7 nitrogen and oxygen atoms in total. The molecule has 7 heteroatoms. The number of rotatable bonds is 3. The van der Waals surface area contributed by atoms with E-state index in [1.807, 2.05) is 0 Å². The van der Waals surface area contributed by atoms with Crippen LogP contribution >= 0.6 is 0 Å². The second-order valence-electron chi connectivity index (χ2n) is 4.35. The van der Waals surface area contributed by atoms with E-state index < -0.39 is 4.92 Å². The summed E-state index contributed by atoms with van der Waals surface area (Å²) in [6.07, 6.45) is 0. The molecule has 1 heterocycles. The van der Waals surface area contributed by atoms with Crippen molar-refractivity contribution < 1.29 is 9.45 Å². The van der Waals surface area contributed by atoms with Gasteiger partial charge in [0.2, 0.25) is 5.82 Å². The van der Waals surface area contributed by atoms with Crippen molar-refractivity contribution in [3.63, 3.8) is 0 Å². The number of nitro groups is 1. The predicted molar refractivity (Wildman–Crippen MR) is 76.2 cm³/mol. The SMILES string of the molecule is Nc1ccc(-c2nc(-c3ccc([N+](=O)[O-])cc3)no2)cc1. The van der Waals surface area contributed by atoms with Crippen LogP contribution in [0.1, 0.15) is 0 Å². The van der Waals surface area contributed by atoms with E-state index >= 15 is 0 Å². The van der Waals surface area contributed by atoms with Crippen LogP contribution in [0.15, 0.2) is 53.1 Å². The second kappa shape index (κ2) is 5.04. The molecule has 0 atom stereocenters. The number of nitrogen functional groups attached to an aromatic ring is 1. The van der Waals surface area contributed by atoms with Crippen molar-refractivity contribution in [3.05, 3.63) is 58.6 Å².